The maximum absolute atomic E-state index is 9.99. The average Bonchev–Trinajstić information content (AvgIpc) is 1.82. The summed E-state index contributed by atoms with van der Waals surface area (Å²) in [5, 5.41) is 16.3. The molecule has 0 aliphatic carbocycles. The Labute approximate surface area is 73.8 Å². The fraction of sp³-hybridized carbons (Fsp3) is 0.600. The third kappa shape index (κ3) is 7.30. The topological polar surface area (TPSA) is 101 Å². The summed E-state index contributed by atoms with van der Waals surface area (Å²) < 4.78 is 0. The SMILES string of the molecule is N[C@@H](CCC(=O)O)C(=O)O.[Co]. The summed E-state index contributed by atoms with van der Waals surface area (Å²) in [5.74, 6) is -2.20. The first-order valence-electron chi connectivity index (χ1n) is 2.74. The van der Waals surface area contributed by atoms with Crippen LogP contribution in [0.4, 0.5) is 0 Å². The Morgan fingerprint density at radius 2 is 1.82 bits per heavy atom. The number of carboxylic acids is 2. The number of carbonyl (C=O) groups is 2. The minimum Gasteiger partial charge on any atom is -0.481 e. The van der Waals surface area contributed by atoms with Crippen LogP contribution in [-0.2, 0) is 26.4 Å². The molecule has 1 radical (unpaired) electrons. The summed E-state index contributed by atoms with van der Waals surface area (Å²) in [4.78, 5) is 19.9. The Kier molecular flexibility index (Phi) is 7.27. The van der Waals surface area contributed by atoms with Crippen molar-refractivity contribution in [1.82, 2.24) is 0 Å². The average molecular weight is 206 g/mol. The number of aliphatic carboxylic acids is 2. The fourth-order valence-corrected chi connectivity index (χ4v) is 0.402. The third-order valence-corrected chi connectivity index (χ3v) is 0.986. The van der Waals surface area contributed by atoms with Crippen LogP contribution in [0.5, 0.6) is 0 Å². The van der Waals surface area contributed by atoms with Crippen LogP contribution >= 0.6 is 0 Å². The van der Waals surface area contributed by atoms with Gasteiger partial charge in [0.15, 0.2) is 0 Å². The minimum atomic E-state index is -1.17. The summed E-state index contributed by atoms with van der Waals surface area (Å²) in [6, 6.07) is -1.06. The maximum atomic E-state index is 9.99. The monoisotopic (exact) mass is 206 g/mol. The van der Waals surface area contributed by atoms with Gasteiger partial charge in [0.1, 0.15) is 6.04 Å². The molecule has 11 heavy (non-hydrogen) atoms. The number of nitrogens with two attached hydrogens (primary N) is 1. The van der Waals surface area contributed by atoms with Gasteiger partial charge in [0, 0.05) is 23.2 Å². The molecule has 0 aromatic rings. The van der Waals surface area contributed by atoms with E-state index in [0.717, 1.165) is 0 Å². The second-order valence-electron chi connectivity index (χ2n) is 1.88. The van der Waals surface area contributed by atoms with E-state index in [4.69, 9.17) is 15.9 Å². The van der Waals surface area contributed by atoms with Crippen LogP contribution in [0.25, 0.3) is 0 Å². The van der Waals surface area contributed by atoms with Crippen LogP contribution in [-0.4, -0.2) is 28.2 Å². The van der Waals surface area contributed by atoms with Gasteiger partial charge < -0.3 is 15.9 Å². The van der Waals surface area contributed by atoms with Crippen LogP contribution < -0.4 is 5.73 Å². The molecule has 0 amide bonds. The zero-order chi connectivity index (χ0) is 8.15. The van der Waals surface area contributed by atoms with Gasteiger partial charge in [-0.3, -0.25) is 9.59 Å². The smallest absolute Gasteiger partial charge is 0.320 e. The molecule has 0 aromatic heterocycles. The van der Waals surface area contributed by atoms with Crippen LogP contribution in [0.1, 0.15) is 12.8 Å². The number of hydrogen-bond donors (Lipinski definition) is 3. The van der Waals surface area contributed by atoms with Gasteiger partial charge in [-0.05, 0) is 6.42 Å². The van der Waals surface area contributed by atoms with Gasteiger partial charge in [0.2, 0.25) is 0 Å². The number of hydrogen-bond acceptors (Lipinski definition) is 3. The van der Waals surface area contributed by atoms with Crippen LogP contribution in [0.15, 0.2) is 0 Å². The van der Waals surface area contributed by atoms with Crippen LogP contribution in [0.3, 0.4) is 0 Å². The van der Waals surface area contributed by atoms with E-state index in [-0.39, 0.29) is 29.6 Å². The van der Waals surface area contributed by atoms with E-state index >= 15 is 0 Å². The summed E-state index contributed by atoms with van der Waals surface area (Å²) in [6.45, 7) is 0. The second kappa shape index (κ2) is 6.14. The molecule has 0 aromatic carbocycles. The molecule has 4 N–H and O–H groups in total. The van der Waals surface area contributed by atoms with Gasteiger partial charge in [0.25, 0.3) is 0 Å². The molecular formula is C5H9CoNO4. The summed E-state index contributed by atoms with van der Waals surface area (Å²) in [6.07, 6.45) is -0.224. The molecule has 0 spiro atoms. The van der Waals surface area contributed by atoms with Gasteiger partial charge >= 0.3 is 11.9 Å². The molecular weight excluding hydrogens is 197 g/mol. The Hall–Kier alpha value is -0.594. The Balaban J connectivity index is 0. The van der Waals surface area contributed by atoms with E-state index in [9.17, 15) is 9.59 Å². The Morgan fingerprint density at radius 1 is 1.36 bits per heavy atom. The largest absolute Gasteiger partial charge is 0.481 e. The minimum absolute atomic E-state index is 0. The van der Waals surface area contributed by atoms with Crippen molar-refractivity contribution in [2.45, 2.75) is 18.9 Å². The van der Waals surface area contributed by atoms with Gasteiger partial charge in [-0.2, -0.15) is 0 Å². The molecule has 1 atom stereocenters. The van der Waals surface area contributed by atoms with Gasteiger partial charge in [-0.15, -0.1) is 0 Å². The zero-order valence-corrected chi connectivity index (χ0v) is 6.65. The van der Waals surface area contributed by atoms with Crippen molar-refractivity contribution in [1.29, 1.82) is 0 Å². The molecule has 0 fully saturated rings. The third-order valence-electron chi connectivity index (χ3n) is 0.986. The zero-order valence-electron chi connectivity index (χ0n) is 5.61. The molecule has 0 saturated carbocycles. The van der Waals surface area contributed by atoms with Gasteiger partial charge in [0.05, 0.1) is 0 Å². The molecule has 67 valence electrons. The molecule has 0 unspecified atom stereocenters. The van der Waals surface area contributed by atoms with E-state index in [1.165, 1.54) is 0 Å². The summed E-state index contributed by atoms with van der Waals surface area (Å²) in [7, 11) is 0. The molecule has 0 rings (SSSR count). The first kappa shape index (κ1) is 13.0. The first-order chi connectivity index (χ1) is 4.54. The maximum Gasteiger partial charge on any atom is 0.320 e. The predicted octanol–water partition coefficient (Wildman–Crippen LogP) is -0.739. The van der Waals surface area contributed by atoms with Crippen molar-refractivity contribution in [3.05, 3.63) is 0 Å². The first-order valence-corrected chi connectivity index (χ1v) is 2.74. The van der Waals surface area contributed by atoms with Gasteiger partial charge in [-0.25, -0.2) is 0 Å². The van der Waals surface area contributed by atoms with E-state index in [2.05, 4.69) is 0 Å². The molecule has 0 bridgehead atoms. The molecule has 0 heterocycles. The summed E-state index contributed by atoms with van der Waals surface area (Å²) >= 11 is 0. The molecule has 0 saturated heterocycles. The molecule has 0 aliphatic heterocycles. The quantitative estimate of drug-likeness (QED) is 0.562. The normalized spacial score (nSPS) is 11.4. The van der Waals surface area contributed by atoms with Crippen molar-refractivity contribution in [3.63, 3.8) is 0 Å². The van der Waals surface area contributed by atoms with Crippen molar-refractivity contribution in [2.75, 3.05) is 0 Å². The molecule has 6 heteroatoms. The Morgan fingerprint density at radius 3 is 2.09 bits per heavy atom. The van der Waals surface area contributed by atoms with Gasteiger partial charge in [-0.1, -0.05) is 0 Å². The van der Waals surface area contributed by atoms with Crippen molar-refractivity contribution >= 4 is 11.9 Å². The standard InChI is InChI=1S/C5H9NO4.Co/c6-3(5(9)10)1-2-4(7)8;/h3H,1-2,6H2,(H,7,8)(H,9,10);/t3-;/m0./s1. The number of carboxylic acid groups (broad SMARTS) is 2. The Bertz CT molecular complexity index is 149. The predicted molar refractivity (Wildman–Crippen MR) is 32.5 cm³/mol. The molecule has 0 aliphatic rings. The number of rotatable bonds is 4. The second-order valence-corrected chi connectivity index (χ2v) is 1.88. The van der Waals surface area contributed by atoms with E-state index < -0.39 is 18.0 Å². The van der Waals surface area contributed by atoms with E-state index in [1.807, 2.05) is 0 Å². The molecule has 5 nitrogen and oxygen atoms in total. The van der Waals surface area contributed by atoms with Crippen molar-refractivity contribution in [3.8, 4) is 0 Å². The van der Waals surface area contributed by atoms with E-state index in [1.54, 1.807) is 0 Å². The van der Waals surface area contributed by atoms with Crippen molar-refractivity contribution < 1.29 is 36.6 Å². The van der Waals surface area contributed by atoms with Crippen LogP contribution in [0.2, 0.25) is 0 Å². The fourth-order valence-electron chi connectivity index (χ4n) is 0.402. The summed E-state index contributed by atoms with van der Waals surface area (Å²) in [5.41, 5.74) is 5.00. The van der Waals surface area contributed by atoms with Crippen LogP contribution in [0, 0.1) is 0 Å². The van der Waals surface area contributed by atoms with E-state index in [0.29, 0.717) is 0 Å². The van der Waals surface area contributed by atoms with Crippen molar-refractivity contribution in [2.24, 2.45) is 5.73 Å².